The van der Waals surface area contributed by atoms with Crippen LogP contribution >= 0.6 is 0 Å². The number of hydrogen-bond donors (Lipinski definition) is 1. The molecule has 18 heavy (non-hydrogen) atoms. The molecule has 1 aromatic carbocycles. The van der Waals surface area contributed by atoms with Gasteiger partial charge in [0.15, 0.2) is 0 Å². The number of nitrogens with zero attached hydrogens (tertiary/aromatic N) is 2. The van der Waals surface area contributed by atoms with Gasteiger partial charge in [0.1, 0.15) is 0 Å². The van der Waals surface area contributed by atoms with Crippen LogP contribution in [0.5, 0.6) is 0 Å². The quantitative estimate of drug-likeness (QED) is 0.827. The summed E-state index contributed by atoms with van der Waals surface area (Å²) >= 11 is 0. The summed E-state index contributed by atoms with van der Waals surface area (Å²) in [6.45, 7) is 5.48. The molecular formula is C15H21N3. The molecule has 0 spiro atoms. The van der Waals surface area contributed by atoms with E-state index in [1.54, 1.807) is 0 Å². The topological polar surface area (TPSA) is 20.2 Å². The number of fused-ring (bicyclic) bond motifs is 1. The standard InChI is InChI=1S/C15H21N3/c1-11-5-4-6-14-12(11)9-15(18(14)3)13-10-17(2)8-7-16-13/h4-6,9,13,16H,7-8,10H2,1-3H3. The van der Waals surface area contributed by atoms with E-state index in [-0.39, 0.29) is 0 Å². The second-order valence-electron chi connectivity index (χ2n) is 5.40. The summed E-state index contributed by atoms with van der Waals surface area (Å²) in [5.41, 5.74) is 4.09. The highest BCUT2D eigenvalue weighted by Gasteiger charge is 2.21. The Labute approximate surface area is 108 Å². The van der Waals surface area contributed by atoms with Gasteiger partial charge in [0.25, 0.3) is 0 Å². The van der Waals surface area contributed by atoms with Crippen LogP contribution in [-0.2, 0) is 7.05 Å². The zero-order valence-electron chi connectivity index (χ0n) is 11.4. The zero-order chi connectivity index (χ0) is 12.7. The van der Waals surface area contributed by atoms with E-state index in [2.05, 4.69) is 60.1 Å². The molecule has 1 unspecified atom stereocenters. The van der Waals surface area contributed by atoms with Crippen molar-refractivity contribution >= 4 is 10.9 Å². The second-order valence-corrected chi connectivity index (χ2v) is 5.40. The van der Waals surface area contributed by atoms with Crippen LogP contribution in [0.1, 0.15) is 17.3 Å². The molecule has 1 saturated heterocycles. The number of piperazine rings is 1. The maximum Gasteiger partial charge on any atom is 0.0604 e. The van der Waals surface area contributed by atoms with E-state index in [1.807, 2.05) is 0 Å². The van der Waals surface area contributed by atoms with E-state index in [9.17, 15) is 0 Å². The summed E-state index contributed by atoms with van der Waals surface area (Å²) < 4.78 is 2.33. The molecule has 1 aromatic heterocycles. The fourth-order valence-corrected chi connectivity index (χ4v) is 2.96. The van der Waals surface area contributed by atoms with E-state index in [4.69, 9.17) is 0 Å². The smallest absolute Gasteiger partial charge is 0.0604 e. The minimum Gasteiger partial charge on any atom is -0.346 e. The van der Waals surface area contributed by atoms with Crippen molar-refractivity contribution in [3.8, 4) is 0 Å². The monoisotopic (exact) mass is 243 g/mol. The number of hydrogen-bond acceptors (Lipinski definition) is 2. The number of aryl methyl sites for hydroxylation is 2. The Morgan fingerprint density at radius 2 is 2.11 bits per heavy atom. The van der Waals surface area contributed by atoms with Crippen LogP contribution in [0.3, 0.4) is 0 Å². The molecule has 1 atom stereocenters. The van der Waals surface area contributed by atoms with E-state index in [1.165, 1.54) is 22.2 Å². The van der Waals surface area contributed by atoms with Gasteiger partial charge in [-0.1, -0.05) is 12.1 Å². The lowest BCUT2D eigenvalue weighted by Gasteiger charge is -2.31. The van der Waals surface area contributed by atoms with Crippen molar-refractivity contribution in [2.24, 2.45) is 7.05 Å². The van der Waals surface area contributed by atoms with Crippen LogP contribution in [0.15, 0.2) is 24.3 Å². The van der Waals surface area contributed by atoms with Gasteiger partial charge in [-0.3, -0.25) is 0 Å². The summed E-state index contributed by atoms with van der Waals surface area (Å²) in [4.78, 5) is 2.39. The van der Waals surface area contributed by atoms with Gasteiger partial charge in [-0.2, -0.15) is 0 Å². The summed E-state index contributed by atoms with van der Waals surface area (Å²) in [5, 5.41) is 5.00. The highest BCUT2D eigenvalue weighted by molar-refractivity contribution is 5.84. The van der Waals surface area contributed by atoms with Crippen molar-refractivity contribution in [3.05, 3.63) is 35.5 Å². The van der Waals surface area contributed by atoms with Gasteiger partial charge in [-0.15, -0.1) is 0 Å². The van der Waals surface area contributed by atoms with Crippen LogP contribution in [-0.4, -0.2) is 36.1 Å². The number of aromatic nitrogens is 1. The van der Waals surface area contributed by atoms with Gasteiger partial charge < -0.3 is 14.8 Å². The summed E-state index contributed by atoms with van der Waals surface area (Å²) in [6, 6.07) is 9.33. The van der Waals surface area contributed by atoms with Crippen molar-refractivity contribution in [1.29, 1.82) is 0 Å². The largest absolute Gasteiger partial charge is 0.346 e. The molecule has 2 heterocycles. The van der Waals surface area contributed by atoms with Crippen molar-refractivity contribution < 1.29 is 0 Å². The fourth-order valence-electron chi connectivity index (χ4n) is 2.96. The normalized spacial score (nSPS) is 21.6. The van der Waals surface area contributed by atoms with E-state index >= 15 is 0 Å². The van der Waals surface area contributed by atoms with Gasteiger partial charge >= 0.3 is 0 Å². The van der Waals surface area contributed by atoms with Crippen molar-refractivity contribution in [3.63, 3.8) is 0 Å². The molecule has 0 saturated carbocycles. The van der Waals surface area contributed by atoms with Crippen molar-refractivity contribution in [2.75, 3.05) is 26.7 Å². The van der Waals surface area contributed by atoms with E-state index in [0.717, 1.165) is 19.6 Å². The molecule has 96 valence electrons. The molecule has 1 aliphatic rings. The summed E-state index contributed by atoms with van der Waals surface area (Å²) in [6.07, 6.45) is 0. The number of benzene rings is 1. The first-order chi connectivity index (χ1) is 8.66. The third-order valence-electron chi connectivity index (χ3n) is 4.08. The maximum absolute atomic E-state index is 3.62. The minimum atomic E-state index is 0.445. The average Bonchev–Trinajstić information content (AvgIpc) is 2.69. The van der Waals surface area contributed by atoms with Crippen molar-refractivity contribution in [1.82, 2.24) is 14.8 Å². The number of rotatable bonds is 1. The molecule has 1 aliphatic heterocycles. The molecular weight excluding hydrogens is 222 g/mol. The summed E-state index contributed by atoms with van der Waals surface area (Å²) in [5.74, 6) is 0. The Kier molecular flexibility index (Phi) is 2.88. The predicted octanol–water partition coefficient (Wildman–Crippen LogP) is 2.06. The Bertz CT molecular complexity index is 570. The third-order valence-corrected chi connectivity index (χ3v) is 4.08. The molecule has 0 bridgehead atoms. The Hall–Kier alpha value is -1.32. The van der Waals surface area contributed by atoms with E-state index < -0.39 is 0 Å². The van der Waals surface area contributed by atoms with Gasteiger partial charge in [-0.05, 0) is 31.7 Å². The van der Waals surface area contributed by atoms with Gasteiger partial charge in [0.05, 0.1) is 6.04 Å². The lowest BCUT2D eigenvalue weighted by atomic mass is 10.1. The first-order valence-corrected chi connectivity index (χ1v) is 6.63. The minimum absolute atomic E-state index is 0.445. The lowest BCUT2D eigenvalue weighted by molar-refractivity contribution is 0.236. The predicted molar refractivity (Wildman–Crippen MR) is 75.9 cm³/mol. The first-order valence-electron chi connectivity index (χ1n) is 6.63. The zero-order valence-corrected chi connectivity index (χ0v) is 11.4. The fraction of sp³-hybridized carbons (Fsp3) is 0.467. The molecule has 0 radical (unpaired) electrons. The number of nitrogens with one attached hydrogen (secondary N) is 1. The van der Waals surface area contributed by atoms with Gasteiger partial charge in [-0.25, -0.2) is 0 Å². The van der Waals surface area contributed by atoms with Crippen LogP contribution in [0.4, 0.5) is 0 Å². The SMILES string of the molecule is Cc1cccc2c1cc(C1CN(C)CCN1)n2C. The first kappa shape index (κ1) is 11.8. The highest BCUT2D eigenvalue weighted by atomic mass is 15.2. The van der Waals surface area contributed by atoms with Crippen LogP contribution in [0, 0.1) is 6.92 Å². The molecule has 3 rings (SSSR count). The highest BCUT2D eigenvalue weighted by Crippen LogP contribution is 2.26. The van der Waals surface area contributed by atoms with Gasteiger partial charge in [0, 0.05) is 43.3 Å². The Morgan fingerprint density at radius 3 is 2.83 bits per heavy atom. The number of likely N-dealkylation sites (N-methyl/N-ethyl adjacent to an activating group) is 1. The Balaban J connectivity index is 2.06. The molecule has 3 heteroatoms. The van der Waals surface area contributed by atoms with Crippen LogP contribution < -0.4 is 5.32 Å². The van der Waals surface area contributed by atoms with Crippen LogP contribution in [0.25, 0.3) is 10.9 Å². The molecule has 3 nitrogen and oxygen atoms in total. The maximum atomic E-state index is 3.62. The third kappa shape index (κ3) is 1.84. The summed E-state index contributed by atoms with van der Waals surface area (Å²) in [7, 11) is 4.37. The lowest BCUT2D eigenvalue weighted by Crippen LogP contribution is -2.44. The van der Waals surface area contributed by atoms with Gasteiger partial charge in [0.2, 0.25) is 0 Å². The molecule has 1 fully saturated rings. The molecule has 1 N–H and O–H groups in total. The second kappa shape index (κ2) is 4.41. The van der Waals surface area contributed by atoms with Crippen molar-refractivity contribution in [2.45, 2.75) is 13.0 Å². The molecule has 0 aliphatic carbocycles. The molecule has 0 amide bonds. The average molecular weight is 243 g/mol. The Morgan fingerprint density at radius 1 is 1.28 bits per heavy atom. The molecule has 2 aromatic rings. The van der Waals surface area contributed by atoms with E-state index in [0.29, 0.717) is 6.04 Å². The van der Waals surface area contributed by atoms with Crippen LogP contribution in [0.2, 0.25) is 0 Å².